The molecule has 1 aliphatic rings. The molecule has 0 saturated heterocycles. The molecule has 1 atom stereocenters. The van der Waals surface area contributed by atoms with Crippen LogP contribution in [-0.4, -0.2) is 36.0 Å². The van der Waals surface area contributed by atoms with Crippen molar-refractivity contribution in [1.29, 1.82) is 0 Å². The van der Waals surface area contributed by atoms with Gasteiger partial charge in [0.2, 0.25) is 0 Å². The number of unbranched alkanes of at least 4 members (excludes halogenated alkanes) is 1. The Morgan fingerprint density at radius 1 is 0.902 bits per heavy atom. The smallest absolute Gasteiger partial charge is 0.338 e. The molecule has 0 fully saturated rings. The standard InChI is InChI=1S/C34H33N3O4/c1-3-5-21-37-31(24-14-7-6-8-15-24)29(33(39)41-4-2)30(36-34(37)40)25-17-11-18-26(22-25)35-32(38)28-20-12-16-23-13-9-10-19-27(23)28/h6-20,22,30H,3-5,21H2,1-2H3,(H,35,38)(H,36,40). The number of carbonyl (C=O) groups is 3. The van der Waals surface area contributed by atoms with E-state index in [9.17, 15) is 14.4 Å². The molecule has 1 heterocycles. The molecule has 7 nitrogen and oxygen atoms in total. The van der Waals surface area contributed by atoms with Gasteiger partial charge >= 0.3 is 12.0 Å². The highest BCUT2D eigenvalue weighted by atomic mass is 16.5. The Labute approximate surface area is 239 Å². The summed E-state index contributed by atoms with van der Waals surface area (Å²) in [4.78, 5) is 42.0. The van der Waals surface area contributed by atoms with Crippen molar-refractivity contribution in [2.75, 3.05) is 18.5 Å². The van der Waals surface area contributed by atoms with Crippen molar-refractivity contribution < 1.29 is 19.1 Å². The van der Waals surface area contributed by atoms with Gasteiger partial charge in [-0.1, -0.05) is 92.2 Å². The van der Waals surface area contributed by atoms with Crippen LogP contribution >= 0.6 is 0 Å². The number of urea groups is 1. The number of carbonyl (C=O) groups excluding carboxylic acids is 3. The lowest BCUT2D eigenvalue weighted by Gasteiger charge is -2.37. The summed E-state index contributed by atoms with van der Waals surface area (Å²) < 4.78 is 5.52. The molecule has 0 saturated carbocycles. The first-order valence-electron chi connectivity index (χ1n) is 14.0. The molecular formula is C34H33N3O4. The Balaban J connectivity index is 1.56. The number of nitrogens with one attached hydrogen (secondary N) is 2. The molecule has 1 aliphatic heterocycles. The number of hydrogen-bond donors (Lipinski definition) is 2. The van der Waals surface area contributed by atoms with E-state index in [0.717, 1.165) is 29.2 Å². The molecule has 2 N–H and O–H groups in total. The summed E-state index contributed by atoms with van der Waals surface area (Å²) in [5.41, 5.74) is 3.41. The fourth-order valence-corrected chi connectivity index (χ4v) is 5.19. The maximum absolute atomic E-state index is 13.5. The molecule has 1 unspecified atom stereocenters. The van der Waals surface area contributed by atoms with Crippen LogP contribution in [0.15, 0.2) is 103 Å². The van der Waals surface area contributed by atoms with E-state index < -0.39 is 12.0 Å². The van der Waals surface area contributed by atoms with E-state index in [4.69, 9.17) is 4.74 Å². The molecule has 0 aromatic heterocycles. The lowest BCUT2D eigenvalue weighted by Crippen LogP contribution is -2.48. The Bertz CT molecular complexity index is 1610. The van der Waals surface area contributed by atoms with Gasteiger partial charge in [-0.25, -0.2) is 9.59 Å². The summed E-state index contributed by atoms with van der Waals surface area (Å²) in [6.45, 7) is 4.47. The van der Waals surface area contributed by atoms with Gasteiger partial charge in [0, 0.05) is 17.8 Å². The maximum atomic E-state index is 13.5. The average molecular weight is 548 g/mol. The van der Waals surface area contributed by atoms with Crippen molar-refractivity contribution in [3.05, 3.63) is 119 Å². The summed E-state index contributed by atoms with van der Waals surface area (Å²) in [5.74, 6) is -0.744. The number of fused-ring (bicyclic) bond motifs is 1. The second-order valence-electron chi connectivity index (χ2n) is 9.84. The Hall–Kier alpha value is -4.91. The molecule has 0 bridgehead atoms. The molecule has 0 aliphatic carbocycles. The average Bonchev–Trinajstić information content (AvgIpc) is 3.00. The molecule has 4 aromatic rings. The van der Waals surface area contributed by atoms with Crippen molar-refractivity contribution >= 4 is 40.1 Å². The van der Waals surface area contributed by atoms with E-state index in [1.54, 1.807) is 36.1 Å². The highest BCUT2D eigenvalue weighted by Crippen LogP contribution is 2.37. The van der Waals surface area contributed by atoms with Gasteiger partial charge < -0.3 is 15.4 Å². The molecule has 5 rings (SSSR count). The summed E-state index contributed by atoms with van der Waals surface area (Å²) >= 11 is 0. The van der Waals surface area contributed by atoms with E-state index in [2.05, 4.69) is 17.6 Å². The van der Waals surface area contributed by atoms with Crippen molar-refractivity contribution in [1.82, 2.24) is 10.2 Å². The molecule has 208 valence electrons. The Kier molecular flexibility index (Phi) is 8.44. The van der Waals surface area contributed by atoms with Gasteiger partial charge in [0.15, 0.2) is 0 Å². The number of benzene rings is 4. The Morgan fingerprint density at radius 2 is 1.63 bits per heavy atom. The predicted molar refractivity (Wildman–Crippen MR) is 161 cm³/mol. The van der Waals surface area contributed by atoms with Gasteiger partial charge in [-0.05, 0) is 53.4 Å². The number of anilines is 1. The lowest BCUT2D eigenvalue weighted by atomic mass is 9.91. The van der Waals surface area contributed by atoms with Crippen LogP contribution in [0.1, 0.15) is 54.2 Å². The maximum Gasteiger partial charge on any atom is 0.338 e. The molecule has 4 aromatic carbocycles. The number of amides is 3. The van der Waals surface area contributed by atoms with Crippen molar-refractivity contribution in [3.8, 4) is 0 Å². The van der Waals surface area contributed by atoms with Crippen LogP contribution in [0, 0.1) is 0 Å². The van der Waals surface area contributed by atoms with Gasteiger partial charge in [0.05, 0.1) is 23.9 Å². The topological polar surface area (TPSA) is 87.7 Å². The van der Waals surface area contributed by atoms with E-state index >= 15 is 0 Å². The first-order valence-corrected chi connectivity index (χ1v) is 14.0. The van der Waals surface area contributed by atoms with Crippen molar-refractivity contribution in [2.24, 2.45) is 0 Å². The minimum atomic E-state index is -0.774. The van der Waals surface area contributed by atoms with E-state index in [1.807, 2.05) is 72.8 Å². The summed E-state index contributed by atoms with van der Waals surface area (Å²) in [7, 11) is 0. The third-order valence-corrected chi connectivity index (χ3v) is 7.12. The quantitative estimate of drug-likeness (QED) is 0.222. The first-order chi connectivity index (χ1) is 20.0. The van der Waals surface area contributed by atoms with Crippen LogP contribution in [0.5, 0.6) is 0 Å². The van der Waals surface area contributed by atoms with Crippen LogP contribution in [0.4, 0.5) is 10.5 Å². The lowest BCUT2D eigenvalue weighted by molar-refractivity contribution is -0.138. The Morgan fingerprint density at radius 3 is 2.41 bits per heavy atom. The number of hydrogen-bond acceptors (Lipinski definition) is 4. The van der Waals surface area contributed by atoms with Gasteiger partial charge in [-0.2, -0.15) is 0 Å². The van der Waals surface area contributed by atoms with Crippen molar-refractivity contribution in [2.45, 2.75) is 32.7 Å². The third-order valence-electron chi connectivity index (χ3n) is 7.12. The zero-order valence-electron chi connectivity index (χ0n) is 23.2. The first kappa shape index (κ1) is 27.6. The number of nitrogens with zero attached hydrogens (tertiary/aromatic N) is 1. The van der Waals surface area contributed by atoms with Crippen LogP contribution in [0.2, 0.25) is 0 Å². The number of esters is 1. The predicted octanol–water partition coefficient (Wildman–Crippen LogP) is 6.93. The number of ether oxygens (including phenoxy) is 1. The van der Waals surface area contributed by atoms with Crippen LogP contribution in [0.25, 0.3) is 16.5 Å². The van der Waals surface area contributed by atoms with E-state index in [1.165, 1.54) is 0 Å². The van der Waals surface area contributed by atoms with Gasteiger partial charge in [-0.15, -0.1) is 0 Å². The van der Waals surface area contributed by atoms with Crippen molar-refractivity contribution in [3.63, 3.8) is 0 Å². The summed E-state index contributed by atoms with van der Waals surface area (Å²) in [6.07, 6.45) is 1.67. The SMILES string of the molecule is CCCCN1C(=O)NC(c2cccc(NC(=O)c3cccc4ccccc34)c2)C(C(=O)OCC)=C1c1ccccc1. The van der Waals surface area contributed by atoms with E-state index in [-0.39, 0.29) is 18.5 Å². The molecule has 3 amide bonds. The molecular weight excluding hydrogens is 514 g/mol. The van der Waals surface area contributed by atoms with Crippen LogP contribution < -0.4 is 10.6 Å². The monoisotopic (exact) mass is 547 g/mol. The van der Waals surface area contributed by atoms with Crippen LogP contribution in [-0.2, 0) is 9.53 Å². The third kappa shape index (κ3) is 5.84. The van der Waals surface area contributed by atoms with E-state index in [0.29, 0.717) is 34.6 Å². The second kappa shape index (κ2) is 12.5. The van der Waals surface area contributed by atoms with Gasteiger partial charge in [0.25, 0.3) is 5.91 Å². The highest BCUT2D eigenvalue weighted by Gasteiger charge is 2.38. The molecule has 41 heavy (non-hydrogen) atoms. The molecule has 0 radical (unpaired) electrons. The summed E-state index contributed by atoms with van der Waals surface area (Å²) in [5, 5.41) is 7.86. The summed E-state index contributed by atoms with van der Waals surface area (Å²) in [6, 6.07) is 28.9. The van der Waals surface area contributed by atoms with Crippen LogP contribution in [0.3, 0.4) is 0 Å². The molecule has 0 spiro atoms. The fraction of sp³-hybridized carbons (Fsp3) is 0.206. The zero-order chi connectivity index (χ0) is 28.8. The normalized spacial score (nSPS) is 15.0. The minimum absolute atomic E-state index is 0.196. The highest BCUT2D eigenvalue weighted by molar-refractivity contribution is 6.13. The molecule has 7 heteroatoms. The minimum Gasteiger partial charge on any atom is -0.463 e. The van der Waals surface area contributed by atoms with Gasteiger partial charge in [-0.3, -0.25) is 9.69 Å². The fourth-order valence-electron chi connectivity index (χ4n) is 5.19. The number of rotatable bonds is 9. The zero-order valence-corrected chi connectivity index (χ0v) is 23.2. The largest absolute Gasteiger partial charge is 0.463 e. The van der Waals surface area contributed by atoms with Gasteiger partial charge in [0.1, 0.15) is 0 Å². The second-order valence-corrected chi connectivity index (χ2v) is 9.84.